The molecule has 1 amide bonds. The average molecular weight is 642 g/mol. The van der Waals surface area contributed by atoms with Gasteiger partial charge in [-0.15, -0.1) is 22.7 Å². The number of pyridine rings is 1. The molecule has 0 radical (unpaired) electrons. The molecule has 1 aromatic carbocycles. The molecule has 10 nitrogen and oxygen atoms in total. The molecule has 12 heteroatoms. The van der Waals surface area contributed by atoms with Crippen LogP contribution < -0.4 is 11.3 Å². The summed E-state index contributed by atoms with van der Waals surface area (Å²) in [5.74, 6) is 0.561. The maximum absolute atomic E-state index is 14.1. The van der Waals surface area contributed by atoms with Crippen LogP contribution in [0.2, 0.25) is 0 Å². The number of nitrogen functional groups attached to an aromatic ring is 1. The van der Waals surface area contributed by atoms with Crippen molar-refractivity contribution >= 4 is 44.6 Å². The Morgan fingerprint density at radius 2 is 1.84 bits per heavy atom. The van der Waals surface area contributed by atoms with E-state index in [1.807, 2.05) is 40.7 Å². The summed E-state index contributed by atoms with van der Waals surface area (Å²) in [4.78, 5) is 46.4. The maximum atomic E-state index is 14.1. The smallest absolute Gasteiger partial charge is 0.262 e. The number of nitrogens with zero attached hydrogens (tertiary/aromatic N) is 6. The number of benzene rings is 1. The highest BCUT2D eigenvalue weighted by molar-refractivity contribution is 7.16. The third-order valence-corrected chi connectivity index (χ3v) is 11.0. The van der Waals surface area contributed by atoms with Gasteiger partial charge in [0.25, 0.3) is 5.56 Å². The van der Waals surface area contributed by atoms with E-state index in [-0.39, 0.29) is 29.8 Å². The summed E-state index contributed by atoms with van der Waals surface area (Å²) in [6.45, 7) is 3.45. The number of nitrogens with two attached hydrogens (primary N) is 1. The molecule has 232 valence electrons. The number of hydrogen-bond acceptors (Lipinski definition) is 10. The standard InChI is InChI=1S/C33H35N7O3S2/c34-28-7-6-23(16-35-28)29-36-17-24(45-29)18-38-12-8-25(27(19-38)22-4-2-1-3-5-22)31(41)39-13-10-33(43,11-14-39)20-40-21-37-30-26(32(40)42)9-15-44-30/h1-7,9,15-17,21,25,27,43H,8,10-14,18-20H2,(H2,34,35)/t25-,27+/m1/s1. The van der Waals surface area contributed by atoms with E-state index in [1.54, 1.807) is 29.7 Å². The first-order valence-corrected chi connectivity index (χ1v) is 16.9. The van der Waals surface area contributed by atoms with Gasteiger partial charge in [0.2, 0.25) is 5.91 Å². The molecule has 2 fully saturated rings. The number of rotatable bonds is 7. The Hall–Kier alpha value is -3.97. The zero-order chi connectivity index (χ0) is 31.0. The Balaban J connectivity index is 1.02. The molecule has 0 unspecified atom stereocenters. The van der Waals surface area contributed by atoms with E-state index in [0.717, 1.165) is 36.6 Å². The third kappa shape index (κ3) is 6.28. The van der Waals surface area contributed by atoms with Gasteiger partial charge in [-0.3, -0.25) is 19.1 Å². The number of anilines is 1. The fourth-order valence-electron chi connectivity index (χ4n) is 6.62. The van der Waals surface area contributed by atoms with E-state index in [1.165, 1.54) is 32.7 Å². The highest BCUT2D eigenvalue weighted by Gasteiger charge is 2.41. The van der Waals surface area contributed by atoms with Gasteiger partial charge in [0.15, 0.2) is 0 Å². The number of thiophene rings is 1. The number of carbonyl (C=O) groups is 1. The summed E-state index contributed by atoms with van der Waals surface area (Å²) in [6, 6.07) is 15.8. The molecule has 0 saturated carbocycles. The molecular formula is C33H35N7O3S2. The molecule has 4 aromatic heterocycles. The summed E-state index contributed by atoms with van der Waals surface area (Å²) in [6.07, 6.45) is 6.80. The first-order valence-electron chi connectivity index (χ1n) is 15.2. The van der Waals surface area contributed by atoms with Gasteiger partial charge in [0.1, 0.15) is 15.7 Å². The lowest BCUT2D eigenvalue weighted by atomic mass is 9.79. The van der Waals surface area contributed by atoms with Gasteiger partial charge >= 0.3 is 0 Å². The molecule has 0 bridgehead atoms. The second kappa shape index (κ2) is 12.4. The minimum atomic E-state index is -1.07. The fraction of sp³-hybridized carbons (Fsp3) is 0.364. The monoisotopic (exact) mass is 641 g/mol. The van der Waals surface area contributed by atoms with E-state index in [2.05, 4.69) is 32.0 Å². The van der Waals surface area contributed by atoms with Gasteiger partial charge in [-0.2, -0.15) is 0 Å². The topological polar surface area (TPSA) is 130 Å². The van der Waals surface area contributed by atoms with Crippen LogP contribution in [0, 0.1) is 5.92 Å². The van der Waals surface area contributed by atoms with Gasteiger partial charge in [-0.05, 0) is 54.9 Å². The number of aromatic nitrogens is 4. The van der Waals surface area contributed by atoms with Crippen LogP contribution in [0.4, 0.5) is 5.82 Å². The lowest BCUT2D eigenvalue weighted by molar-refractivity contribution is -0.142. The van der Waals surface area contributed by atoms with Crippen LogP contribution >= 0.6 is 22.7 Å². The number of aliphatic hydroxyl groups is 1. The first-order chi connectivity index (χ1) is 21.8. The van der Waals surface area contributed by atoms with Crippen molar-refractivity contribution < 1.29 is 9.90 Å². The molecule has 7 rings (SSSR count). The Kier molecular flexibility index (Phi) is 8.21. The van der Waals surface area contributed by atoms with Gasteiger partial charge < -0.3 is 15.7 Å². The predicted octanol–water partition coefficient (Wildman–Crippen LogP) is 4.22. The zero-order valence-corrected chi connectivity index (χ0v) is 26.4. The van der Waals surface area contributed by atoms with Gasteiger partial charge in [-0.25, -0.2) is 15.0 Å². The fourth-order valence-corrected chi connectivity index (χ4v) is 8.29. The Labute approximate surface area is 268 Å². The molecule has 3 N–H and O–H groups in total. The highest BCUT2D eigenvalue weighted by Crippen LogP contribution is 2.37. The van der Waals surface area contributed by atoms with Crippen molar-refractivity contribution in [2.24, 2.45) is 5.92 Å². The van der Waals surface area contributed by atoms with Crippen molar-refractivity contribution in [2.45, 2.75) is 43.9 Å². The molecule has 0 aliphatic carbocycles. The number of hydrogen-bond donors (Lipinski definition) is 2. The molecule has 6 heterocycles. The number of carbonyl (C=O) groups excluding carboxylic acids is 1. The van der Waals surface area contributed by atoms with Crippen LogP contribution in [0.25, 0.3) is 20.8 Å². The molecular weight excluding hydrogens is 607 g/mol. The second-order valence-electron chi connectivity index (χ2n) is 12.1. The average Bonchev–Trinajstić information content (AvgIpc) is 3.74. The summed E-state index contributed by atoms with van der Waals surface area (Å²) < 4.78 is 1.51. The van der Waals surface area contributed by atoms with E-state index in [4.69, 9.17) is 5.73 Å². The van der Waals surface area contributed by atoms with Gasteiger partial charge in [0, 0.05) is 60.8 Å². The van der Waals surface area contributed by atoms with Gasteiger partial charge in [-0.1, -0.05) is 30.3 Å². The van der Waals surface area contributed by atoms with Crippen molar-refractivity contribution in [3.05, 3.63) is 93.4 Å². The molecule has 0 spiro atoms. The summed E-state index contributed by atoms with van der Waals surface area (Å²) in [5, 5.41) is 14.8. The van der Waals surface area contributed by atoms with Crippen molar-refractivity contribution in [1.82, 2.24) is 29.3 Å². The minimum absolute atomic E-state index is 0.0592. The van der Waals surface area contributed by atoms with E-state index in [0.29, 0.717) is 42.0 Å². The van der Waals surface area contributed by atoms with Crippen molar-refractivity contribution in [2.75, 3.05) is 31.9 Å². The van der Waals surface area contributed by atoms with Crippen LogP contribution in [0.3, 0.4) is 0 Å². The number of amides is 1. The number of likely N-dealkylation sites (tertiary alicyclic amines) is 2. The lowest BCUT2D eigenvalue weighted by Crippen LogP contribution is -2.53. The summed E-state index contributed by atoms with van der Waals surface area (Å²) in [5.41, 5.74) is 6.66. The molecule has 2 saturated heterocycles. The number of piperidine rings is 2. The predicted molar refractivity (Wildman–Crippen MR) is 177 cm³/mol. The molecule has 2 aliphatic heterocycles. The van der Waals surface area contributed by atoms with Crippen molar-refractivity contribution in [3.63, 3.8) is 0 Å². The molecule has 2 aliphatic rings. The zero-order valence-electron chi connectivity index (χ0n) is 24.8. The van der Waals surface area contributed by atoms with E-state index >= 15 is 0 Å². The van der Waals surface area contributed by atoms with Crippen LogP contribution in [-0.4, -0.2) is 72.1 Å². The van der Waals surface area contributed by atoms with Crippen LogP contribution in [0.1, 0.15) is 35.6 Å². The van der Waals surface area contributed by atoms with Crippen LogP contribution in [0.15, 0.2) is 77.4 Å². The second-order valence-corrected chi connectivity index (χ2v) is 14.1. The van der Waals surface area contributed by atoms with Crippen molar-refractivity contribution in [3.8, 4) is 10.6 Å². The maximum Gasteiger partial charge on any atom is 0.262 e. The summed E-state index contributed by atoms with van der Waals surface area (Å²) in [7, 11) is 0. The minimum Gasteiger partial charge on any atom is -0.388 e. The Morgan fingerprint density at radius 3 is 2.62 bits per heavy atom. The van der Waals surface area contributed by atoms with Crippen molar-refractivity contribution in [1.29, 1.82) is 0 Å². The number of thiazole rings is 1. The third-order valence-electron chi connectivity index (χ3n) is 9.13. The molecule has 2 atom stereocenters. The number of fused-ring (bicyclic) bond motifs is 1. The van der Waals surface area contributed by atoms with E-state index in [9.17, 15) is 14.7 Å². The largest absolute Gasteiger partial charge is 0.388 e. The van der Waals surface area contributed by atoms with Gasteiger partial charge in [0.05, 0.1) is 23.9 Å². The molecule has 5 aromatic rings. The SMILES string of the molecule is Nc1ccc(-c2ncc(CN3CC[C@@H](C(=O)N4CCC(O)(Cn5cnc6sccc6c5=O)CC4)[C@H](c4ccccc4)C3)s2)cn1. The van der Waals surface area contributed by atoms with E-state index < -0.39 is 5.60 Å². The normalized spacial score (nSPS) is 20.4. The summed E-state index contributed by atoms with van der Waals surface area (Å²) >= 11 is 3.09. The van der Waals surface area contributed by atoms with Crippen LogP contribution in [-0.2, 0) is 17.9 Å². The molecule has 45 heavy (non-hydrogen) atoms. The Bertz CT molecular complexity index is 1850. The quantitative estimate of drug-likeness (QED) is 0.270. The lowest BCUT2D eigenvalue weighted by Gasteiger charge is -2.43. The highest BCUT2D eigenvalue weighted by atomic mass is 32.1. The van der Waals surface area contributed by atoms with Crippen LogP contribution in [0.5, 0.6) is 0 Å². The first kappa shape index (κ1) is 29.7. The Morgan fingerprint density at radius 1 is 1.02 bits per heavy atom.